The lowest BCUT2D eigenvalue weighted by atomic mass is 10.0. The quantitative estimate of drug-likeness (QED) is 0.831. The summed E-state index contributed by atoms with van der Waals surface area (Å²) in [6.07, 6.45) is 3.17. The zero-order valence-corrected chi connectivity index (χ0v) is 11.5. The van der Waals surface area contributed by atoms with E-state index in [4.69, 9.17) is 0 Å². The normalized spacial score (nSPS) is 18.2. The van der Waals surface area contributed by atoms with Crippen LogP contribution in [0.2, 0.25) is 0 Å². The summed E-state index contributed by atoms with van der Waals surface area (Å²) in [6, 6.07) is 20.4. The Morgan fingerprint density at radius 2 is 1.65 bits per heavy atom. The third-order valence-electron chi connectivity index (χ3n) is 3.97. The molecule has 0 aromatic heterocycles. The number of nitrogens with zero attached hydrogens (tertiary/aromatic N) is 1. The Kier molecular flexibility index (Phi) is 3.82. The van der Waals surface area contributed by atoms with E-state index in [0.29, 0.717) is 6.04 Å². The van der Waals surface area contributed by atoms with Crippen molar-refractivity contribution >= 4 is 5.91 Å². The highest BCUT2D eigenvalue weighted by Gasteiger charge is 2.29. The van der Waals surface area contributed by atoms with Gasteiger partial charge in [-0.25, -0.2) is 0 Å². The molecule has 102 valence electrons. The van der Waals surface area contributed by atoms with Crippen molar-refractivity contribution in [3.8, 4) is 0 Å². The van der Waals surface area contributed by atoms with Crippen LogP contribution in [-0.2, 0) is 6.42 Å². The zero-order valence-electron chi connectivity index (χ0n) is 11.5. The fourth-order valence-corrected chi connectivity index (χ4v) is 2.95. The van der Waals surface area contributed by atoms with Crippen LogP contribution in [0.25, 0.3) is 0 Å². The minimum absolute atomic E-state index is 0.170. The first-order valence-corrected chi connectivity index (χ1v) is 7.24. The predicted molar refractivity (Wildman–Crippen MR) is 80.6 cm³/mol. The number of benzene rings is 2. The average molecular weight is 265 g/mol. The van der Waals surface area contributed by atoms with Gasteiger partial charge in [0.15, 0.2) is 0 Å². The molecule has 20 heavy (non-hydrogen) atoms. The van der Waals surface area contributed by atoms with E-state index < -0.39 is 0 Å². The summed E-state index contributed by atoms with van der Waals surface area (Å²) < 4.78 is 0. The van der Waals surface area contributed by atoms with Crippen LogP contribution in [0.3, 0.4) is 0 Å². The van der Waals surface area contributed by atoms with Crippen molar-refractivity contribution in [2.24, 2.45) is 0 Å². The molecule has 0 N–H and O–H groups in total. The van der Waals surface area contributed by atoms with Crippen LogP contribution < -0.4 is 0 Å². The first kappa shape index (κ1) is 12.9. The van der Waals surface area contributed by atoms with Crippen molar-refractivity contribution in [3.63, 3.8) is 0 Å². The molecule has 3 rings (SSSR count). The summed E-state index contributed by atoms with van der Waals surface area (Å²) in [5, 5.41) is 0. The molecular weight excluding hydrogens is 246 g/mol. The Bertz CT molecular complexity index is 564. The molecule has 2 heteroatoms. The molecule has 0 saturated carbocycles. The molecule has 0 unspecified atom stereocenters. The van der Waals surface area contributed by atoms with Crippen molar-refractivity contribution in [3.05, 3.63) is 71.8 Å². The van der Waals surface area contributed by atoms with Gasteiger partial charge in [-0.15, -0.1) is 0 Å². The van der Waals surface area contributed by atoms with Gasteiger partial charge in [0, 0.05) is 18.2 Å². The van der Waals surface area contributed by atoms with E-state index in [1.165, 1.54) is 5.56 Å². The molecule has 0 radical (unpaired) electrons. The average Bonchev–Trinajstić information content (AvgIpc) is 2.96. The Morgan fingerprint density at radius 1 is 1.00 bits per heavy atom. The molecule has 2 aromatic carbocycles. The van der Waals surface area contributed by atoms with Crippen LogP contribution in [0.5, 0.6) is 0 Å². The summed E-state index contributed by atoms with van der Waals surface area (Å²) in [4.78, 5) is 14.6. The summed E-state index contributed by atoms with van der Waals surface area (Å²) in [6.45, 7) is 0.880. The summed E-state index contributed by atoms with van der Waals surface area (Å²) >= 11 is 0. The molecule has 1 fully saturated rings. The molecule has 1 aliphatic rings. The van der Waals surface area contributed by atoms with E-state index in [-0.39, 0.29) is 5.91 Å². The second-order valence-electron chi connectivity index (χ2n) is 5.35. The second kappa shape index (κ2) is 5.91. The summed E-state index contributed by atoms with van der Waals surface area (Å²) in [7, 11) is 0. The first-order chi connectivity index (χ1) is 9.84. The third kappa shape index (κ3) is 2.74. The Morgan fingerprint density at radius 3 is 2.35 bits per heavy atom. The molecule has 2 aromatic rings. The highest BCUT2D eigenvalue weighted by Crippen LogP contribution is 2.23. The van der Waals surface area contributed by atoms with E-state index >= 15 is 0 Å². The molecule has 2 nitrogen and oxygen atoms in total. The van der Waals surface area contributed by atoms with Crippen LogP contribution in [-0.4, -0.2) is 23.4 Å². The largest absolute Gasteiger partial charge is 0.335 e. The lowest BCUT2D eigenvalue weighted by Crippen LogP contribution is -2.36. The predicted octanol–water partition coefficient (Wildman–Crippen LogP) is 3.53. The molecule has 0 bridgehead atoms. The van der Waals surface area contributed by atoms with Gasteiger partial charge in [0.2, 0.25) is 0 Å². The number of carbonyl (C=O) groups is 1. The summed E-state index contributed by atoms with van der Waals surface area (Å²) in [5.74, 6) is 0.170. The molecule has 0 spiro atoms. The molecule has 1 heterocycles. The van der Waals surface area contributed by atoms with Crippen molar-refractivity contribution in [1.82, 2.24) is 4.90 Å². The molecule has 1 aliphatic heterocycles. The number of likely N-dealkylation sites (tertiary alicyclic amines) is 1. The second-order valence-corrected chi connectivity index (χ2v) is 5.35. The van der Waals surface area contributed by atoms with Crippen molar-refractivity contribution in [2.45, 2.75) is 25.3 Å². The topological polar surface area (TPSA) is 20.3 Å². The summed E-state index contributed by atoms with van der Waals surface area (Å²) in [5.41, 5.74) is 2.11. The van der Waals surface area contributed by atoms with Crippen molar-refractivity contribution in [2.75, 3.05) is 6.54 Å². The smallest absolute Gasteiger partial charge is 0.254 e. The van der Waals surface area contributed by atoms with Gasteiger partial charge >= 0.3 is 0 Å². The highest BCUT2D eigenvalue weighted by molar-refractivity contribution is 5.94. The Hall–Kier alpha value is -2.09. The first-order valence-electron chi connectivity index (χ1n) is 7.24. The maximum atomic E-state index is 12.6. The third-order valence-corrected chi connectivity index (χ3v) is 3.97. The molecular formula is C18H19NO. The highest BCUT2D eigenvalue weighted by atomic mass is 16.2. The van der Waals surface area contributed by atoms with E-state index in [9.17, 15) is 4.79 Å². The van der Waals surface area contributed by atoms with E-state index in [1.54, 1.807) is 0 Å². The standard InChI is InChI=1S/C18H19NO/c20-18(16-10-5-2-6-11-16)19-13-7-12-17(19)14-15-8-3-1-4-9-15/h1-6,8-11,17H,7,12-14H2/t17-/m0/s1. The van der Waals surface area contributed by atoms with Gasteiger partial charge in [0.1, 0.15) is 0 Å². The number of amides is 1. The number of hydrogen-bond donors (Lipinski definition) is 0. The van der Waals surface area contributed by atoms with Gasteiger partial charge in [-0.3, -0.25) is 4.79 Å². The van der Waals surface area contributed by atoms with Gasteiger partial charge in [-0.2, -0.15) is 0 Å². The maximum Gasteiger partial charge on any atom is 0.254 e. The van der Waals surface area contributed by atoms with Gasteiger partial charge in [0.25, 0.3) is 5.91 Å². The SMILES string of the molecule is O=C(c1ccccc1)N1CCC[C@H]1Cc1ccccc1. The van der Waals surface area contributed by atoms with E-state index in [0.717, 1.165) is 31.4 Å². The minimum atomic E-state index is 0.170. The fraction of sp³-hybridized carbons (Fsp3) is 0.278. The lowest BCUT2D eigenvalue weighted by molar-refractivity contribution is 0.0736. The Labute approximate surface area is 120 Å². The van der Waals surface area contributed by atoms with Crippen molar-refractivity contribution < 1.29 is 4.79 Å². The molecule has 1 amide bonds. The van der Waals surface area contributed by atoms with Crippen LogP contribution >= 0.6 is 0 Å². The van der Waals surface area contributed by atoms with Crippen molar-refractivity contribution in [1.29, 1.82) is 0 Å². The number of rotatable bonds is 3. The van der Waals surface area contributed by atoms with Gasteiger partial charge in [-0.05, 0) is 37.0 Å². The van der Waals surface area contributed by atoms with Gasteiger partial charge < -0.3 is 4.90 Å². The minimum Gasteiger partial charge on any atom is -0.335 e. The van der Waals surface area contributed by atoms with Crippen LogP contribution in [0.15, 0.2) is 60.7 Å². The number of hydrogen-bond acceptors (Lipinski definition) is 1. The van der Waals surface area contributed by atoms with Crippen LogP contribution in [0.4, 0.5) is 0 Å². The molecule has 1 atom stereocenters. The Balaban J connectivity index is 1.74. The van der Waals surface area contributed by atoms with Gasteiger partial charge in [0.05, 0.1) is 0 Å². The zero-order chi connectivity index (χ0) is 13.8. The number of carbonyl (C=O) groups excluding carboxylic acids is 1. The fourth-order valence-electron chi connectivity index (χ4n) is 2.95. The van der Waals surface area contributed by atoms with E-state index in [2.05, 4.69) is 24.3 Å². The van der Waals surface area contributed by atoms with Crippen LogP contribution in [0.1, 0.15) is 28.8 Å². The van der Waals surface area contributed by atoms with Crippen LogP contribution in [0, 0.1) is 0 Å². The van der Waals surface area contributed by atoms with E-state index in [1.807, 2.05) is 41.3 Å². The molecule has 0 aliphatic carbocycles. The molecule has 1 saturated heterocycles. The monoisotopic (exact) mass is 265 g/mol. The lowest BCUT2D eigenvalue weighted by Gasteiger charge is -2.25. The van der Waals surface area contributed by atoms with Gasteiger partial charge in [-0.1, -0.05) is 48.5 Å². The maximum absolute atomic E-state index is 12.6.